The molecule has 0 amide bonds. The predicted octanol–water partition coefficient (Wildman–Crippen LogP) is 11.3. The van der Waals surface area contributed by atoms with Crippen LogP contribution < -0.4 is 9.47 Å². The minimum Gasteiger partial charge on any atom is -0.489 e. The summed E-state index contributed by atoms with van der Waals surface area (Å²) in [5, 5.41) is 10.7. The van der Waals surface area contributed by atoms with Crippen LogP contribution in [0.5, 0.6) is 11.5 Å². The SMILES string of the molecule is CCOC(=O)CCCc1cccc2c1O[C@H]1C[C@@H](O[Si](C)(C)C(C)(C)C)[C@H](C=O)[C@@H]21.CCOC(=O)CCCc1cccc2c1O[C@H]1C[C@@H](O[Si](C)(C)C(C)(C)C)[C@H](CO)[C@@H]21.ClCCl. The first-order valence-electron chi connectivity index (χ1n) is 23.0. The number of fused-ring (bicyclic) bond motifs is 6. The summed E-state index contributed by atoms with van der Waals surface area (Å²) in [6.07, 6.45) is 6.48. The quantitative estimate of drug-likeness (QED) is 0.0752. The third-order valence-corrected chi connectivity index (χ3v) is 23.2. The number of aliphatic hydroxyl groups excluding tert-OH is 1. The minimum absolute atomic E-state index is 0.0174. The molecule has 8 atom stereocenters. The van der Waals surface area contributed by atoms with Gasteiger partial charge in [-0.15, -0.1) is 23.2 Å². The summed E-state index contributed by atoms with van der Waals surface area (Å²) in [5.74, 6) is 1.67. The van der Waals surface area contributed by atoms with Crippen LogP contribution in [0.2, 0.25) is 36.3 Å². The van der Waals surface area contributed by atoms with E-state index in [4.69, 9.17) is 51.0 Å². The Labute approximate surface area is 390 Å². The van der Waals surface area contributed by atoms with Gasteiger partial charge < -0.3 is 37.7 Å². The molecule has 2 aliphatic carbocycles. The van der Waals surface area contributed by atoms with E-state index in [0.717, 1.165) is 73.0 Å². The van der Waals surface area contributed by atoms with Crippen molar-refractivity contribution < 1.29 is 47.3 Å². The van der Waals surface area contributed by atoms with Gasteiger partial charge in [0.1, 0.15) is 30.0 Å². The van der Waals surface area contributed by atoms with Crippen molar-refractivity contribution in [1.82, 2.24) is 0 Å². The topological polar surface area (TPSA) is 127 Å². The Morgan fingerprint density at radius 1 is 0.730 bits per heavy atom. The Bertz CT molecular complexity index is 1830. The third-order valence-electron chi connectivity index (χ3n) is 14.2. The summed E-state index contributed by atoms with van der Waals surface area (Å²) in [5.41, 5.74) is 4.56. The normalized spacial score (nSPS) is 24.6. The number of halogens is 2. The van der Waals surface area contributed by atoms with Crippen molar-refractivity contribution in [2.45, 2.75) is 179 Å². The van der Waals surface area contributed by atoms with Crippen LogP contribution in [0.4, 0.5) is 0 Å². The van der Waals surface area contributed by atoms with Crippen LogP contribution in [-0.2, 0) is 45.6 Å². The lowest BCUT2D eigenvalue weighted by Crippen LogP contribution is -2.45. The second-order valence-electron chi connectivity index (χ2n) is 20.3. The number of rotatable bonds is 16. The maximum absolute atomic E-state index is 12.1. The number of ether oxygens (including phenoxy) is 4. The third kappa shape index (κ3) is 12.9. The molecule has 2 heterocycles. The Balaban J connectivity index is 0.000000260. The summed E-state index contributed by atoms with van der Waals surface area (Å²) in [6.45, 7) is 27.0. The number of benzene rings is 2. The van der Waals surface area contributed by atoms with Crippen molar-refractivity contribution in [3.05, 3.63) is 58.7 Å². The molecular formula is C49H76Cl2O10Si2. The van der Waals surface area contributed by atoms with Crippen LogP contribution in [0.25, 0.3) is 0 Å². The van der Waals surface area contributed by atoms with Gasteiger partial charge in [0, 0.05) is 61.2 Å². The number of carbonyl (C=O) groups is 3. The number of hydrogen-bond acceptors (Lipinski definition) is 10. The fourth-order valence-electron chi connectivity index (χ4n) is 8.96. The zero-order valence-electron chi connectivity index (χ0n) is 40.0. The van der Waals surface area contributed by atoms with Crippen molar-refractivity contribution in [2.75, 3.05) is 25.2 Å². The molecule has 1 N–H and O–H groups in total. The first kappa shape index (κ1) is 53.2. The number of aldehydes is 1. The van der Waals surface area contributed by atoms with Gasteiger partial charge in [-0.2, -0.15) is 0 Å². The largest absolute Gasteiger partial charge is 0.489 e. The molecule has 0 radical (unpaired) electrons. The van der Waals surface area contributed by atoms with Crippen LogP contribution in [0.1, 0.15) is 128 Å². The van der Waals surface area contributed by atoms with E-state index in [1.807, 2.05) is 19.9 Å². The average molecular weight is 952 g/mol. The number of esters is 2. The molecular weight excluding hydrogens is 876 g/mol. The van der Waals surface area contributed by atoms with Crippen LogP contribution in [0, 0.1) is 11.8 Å². The van der Waals surface area contributed by atoms with Crippen molar-refractivity contribution >= 4 is 58.1 Å². The molecule has 2 aromatic carbocycles. The van der Waals surface area contributed by atoms with E-state index in [1.54, 1.807) is 0 Å². The number of hydrogen-bond donors (Lipinski definition) is 1. The summed E-state index contributed by atoms with van der Waals surface area (Å²) in [6, 6.07) is 12.5. The van der Waals surface area contributed by atoms with Crippen molar-refractivity contribution in [1.29, 1.82) is 0 Å². The number of aryl methyl sites for hydroxylation is 2. The molecule has 2 saturated carbocycles. The Morgan fingerprint density at radius 2 is 1.14 bits per heavy atom. The lowest BCUT2D eigenvalue weighted by atomic mass is 9.87. The van der Waals surface area contributed by atoms with E-state index in [1.165, 1.54) is 5.56 Å². The van der Waals surface area contributed by atoms with E-state index < -0.39 is 16.6 Å². The summed E-state index contributed by atoms with van der Waals surface area (Å²) < 4.78 is 36.2. The van der Waals surface area contributed by atoms with Gasteiger partial charge in [-0.3, -0.25) is 9.59 Å². The van der Waals surface area contributed by atoms with E-state index in [2.05, 4.69) is 98.1 Å². The van der Waals surface area contributed by atoms with Crippen molar-refractivity contribution in [2.24, 2.45) is 11.8 Å². The molecule has 0 aromatic heterocycles. The first-order chi connectivity index (χ1) is 29.6. The molecule has 63 heavy (non-hydrogen) atoms. The van der Waals surface area contributed by atoms with E-state index in [9.17, 15) is 19.5 Å². The lowest BCUT2D eigenvalue weighted by molar-refractivity contribution is -0.144. The zero-order valence-corrected chi connectivity index (χ0v) is 43.5. The van der Waals surface area contributed by atoms with Gasteiger partial charge in [0.05, 0.1) is 36.7 Å². The van der Waals surface area contributed by atoms with E-state index in [0.29, 0.717) is 26.1 Å². The standard InChI is InChI=1S/C24H38O5Si.C24H36O5Si.CH2Cl2/c2*1-7-27-21(26)13-9-11-16-10-8-12-17-22-18(15-25)19(14-20(22)28-23(16)17)29-30(5,6)24(2,3)4;2-1-3/h8,10,12,18-20,22,25H,7,9,11,13-15H2,1-6H3;8,10,12,15,18-20,22H,7,9,11,13-14H2,1-6H3;1H2/t2*18-,19+,20-,22+;/m00./s1. The molecule has 2 fully saturated rings. The molecule has 0 bridgehead atoms. The summed E-state index contributed by atoms with van der Waals surface area (Å²) >= 11 is 9.53. The molecule has 0 saturated heterocycles. The monoisotopic (exact) mass is 950 g/mol. The highest BCUT2D eigenvalue weighted by atomic mass is 35.5. The Hall–Kier alpha value is -2.46. The molecule has 4 aliphatic rings. The Kier molecular flexibility index (Phi) is 19.3. The van der Waals surface area contributed by atoms with Gasteiger partial charge in [-0.05, 0) is 86.9 Å². The summed E-state index contributed by atoms with van der Waals surface area (Å²) in [7, 11) is -3.90. The molecule has 0 spiro atoms. The maximum Gasteiger partial charge on any atom is 0.305 e. The highest BCUT2D eigenvalue weighted by Gasteiger charge is 2.54. The van der Waals surface area contributed by atoms with Gasteiger partial charge in [0.2, 0.25) is 0 Å². The molecule has 14 heteroatoms. The fraction of sp³-hybridized carbons (Fsp3) is 0.694. The van der Waals surface area contributed by atoms with Crippen LogP contribution >= 0.6 is 23.2 Å². The minimum atomic E-state index is -1.97. The summed E-state index contributed by atoms with van der Waals surface area (Å²) in [4.78, 5) is 35.4. The van der Waals surface area contributed by atoms with Gasteiger partial charge in [0.25, 0.3) is 0 Å². The van der Waals surface area contributed by atoms with Gasteiger partial charge in [0.15, 0.2) is 16.6 Å². The Morgan fingerprint density at radius 3 is 1.56 bits per heavy atom. The average Bonchev–Trinajstić information content (AvgIpc) is 3.92. The van der Waals surface area contributed by atoms with Crippen LogP contribution in [0.3, 0.4) is 0 Å². The lowest BCUT2D eigenvalue weighted by Gasteiger charge is -2.40. The zero-order chi connectivity index (χ0) is 46.9. The first-order valence-corrected chi connectivity index (χ1v) is 29.9. The van der Waals surface area contributed by atoms with Crippen molar-refractivity contribution in [3.63, 3.8) is 0 Å². The van der Waals surface area contributed by atoms with Gasteiger partial charge in [-0.1, -0.05) is 77.9 Å². The molecule has 6 rings (SSSR count). The molecule has 0 unspecified atom stereocenters. The number of para-hydroxylation sites is 2. The maximum atomic E-state index is 12.1. The van der Waals surface area contributed by atoms with E-state index in [-0.39, 0.29) is 82.0 Å². The fourth-order valence-corrected chi connectivity index (χ4v) is 11.7. The van der Waals surface area contributed by atoms with Crippen molar-refractivity contribution in [3.8, 4) is 11.5 Å². The van der Waals surface area contributed by atoms with E-state index >= 15 is 0 Å². The second kappa shape index (κ2) is 22.8. The van der Waals surface area contributed by atoms with Crippen LogP contribution in [0.15, 0.2) is 36.4 Å². The number of carbonyl (C=O) groups excluding carboxylic acids is 3. The smallest absolute Gasteiger partial charge is 0.305 e. The van der Waals surface area contributed by atoms with Crippen LogP contribution in [-0.4, -0.2) is 89.5 Å². The van der Waals surface area contributed by atoms with Gasteiger partial charge in [-0.25, -0.2) is 0 Å². The number of aliphatic hydroxyl groups is 1. The highest BCUT2D eigenvalue weighted by molar-refractivity contribution is 6.74. The van der Waals surface area contributed by atoms with Gasteiger partial charge >= 0.3 is 11.9 Å². The number of alkyl halides is 2. The molecule has 2 aromatic rings. The molecule has 2 aliphatic heterocycles. The second-order valence-corrected chi connectivity index (χ2v) is 30.6. The predicted molar refractivity (Wildman–Crippen MR) is 256 cm³/mol. The molecule has 10 nitrogen and oxygen atoms in total. The molecule has 354 valence electrons. The highest BCUT2D eigenvalue weighted by Crippen LogP contribution is 2.55.